The van der Waals surface area contributed by atoms with Crippen LogP contribution in [0.5, 0.6) is 0 Å². The molecule has 4 nitrogen and oxygen atoms in total. The van der Waals surface area contributed by atoms with Gasteiger partial charge in [0.15, 0.2) is 0 Å². The molecule has 0 amide bonds. The molecule has 4 heteroatoms. The smallest absolute Gasteiger partial charge is 0.147 e. The van der Waals surface area contributed by atoms with Crippen LogP contribution in [0, 0.1) is 0 Å². The van der Waals surface area contributed by atoms with Gasteiger partial charge in [0.05, 0.1) is 17.0 Å². The van der Waals surface area contributed by atoms with Gasteiger partial charge in [0.1, 0.15) is 5.76 Å². The number of hydrogen-bond acceptors (Lipinski definition) is 4. The van der Waals surface area contributed by atoms with Crippen molar-refractivity contribution in [2.24, 2.45) is 0 Å². The summed E-state index contributed by atoms with van der Waals surface area (Å²) in [7, 11) is 0. The molecule has 1 aliphatic rings. The number of aryl methyl sites for hydroxylation is 1. The highest BCUT2D eigenvalue weighted by molar-refractivity contribution is 5.69. The lowest BCUT2D eigenvalue weighted by atomic mass is 9.86. The Bertz CT molecular complexity index is 602. The first-order valence-corrected chi connectivity index (χ1v) is 6.48. The maximum atomic E-state index is 9.35. The molecule has 1 atom stereocenters. The first-order valence-electron chi connectivity index (χ1n) is 6.48. The molecule has 2 N–H and O–H groups in total. The molecular formula is C15H16N2O2. The van der Waals surface area contributed by atoms with Crippen molar-refractivity contribution in [3.63, 3.8) is 0 Å². The van der Waals surface area contributed by atoms with Gasteiger partial charge in [-0.2, -0.15) is 0 Å². The number of hydroxylamine groups is 1. The number of fused-ring (bicyclic) bond motifs is 1. The van der Waals surface area contributed by atoms with Crippen molar-refractivity contribution in [2.45, 2.75) is 25.7 Å². The average Bonchev–Trinajstić information content (AvgIpc) is 2.90. The average molecular weight is 256 g/mol. The third-order valence-electron chi connectivity index (χ3n) is 3.56. The Morgan fingerprint density at radius 3 is 2.84 bits per heavy atom. The van der Waals surface area contributed by atoms with E-state index in [2.05, 4.69) is 22.8 Å². The first-order chi connectivity index (χ1) is 9.33. The van der Waals surface area contributed by atoms with Crippen molar-refractivity contribution in [3.8, 4) is 0 Å². The fourth-order valence-corrected chi connectivity index (χ4v) is 2.60. The molecule has 1 heterocycles. The van der Waals surface area contributed by atoms with Gasteiger partial charge in [-0.25, -0.2) is 0 Å². The molecule has 0 saturated heterocycles. The van der Waals surface area contributed by atoms with E-state index < -0.39 is 0 Å². The zero-order chi connectivity index (χ0) is 13.2. The van der Waals surface area contributed by atoms with Gasteiger partial charge in [-0.05, 0) is 12.0 Å². The van der Waals surface area contributed by atoms with Crippen LogP contribution < -0.4 is 5.48 Å². The molecule has 1 aliphatic carbocycles. The fourth-order valence-electron chi connectivity index (χ4n) is 2.60. The van der Waals surface area contributed by atoms with E-state index in [0.717, 1.165) is 29.9 Å². The molecule has 0 aliphatic heterocycles. The lowest BCUT2D eigenvalue weighted by molar-refractivity contribution is 0.223. The maximum Gasteiger partial charge on any atom is 0.147 e. The van der Waals surface area contributed by atoms with Crippen molar-refractivity contribution in [1.29, 1.82) is 0 Å². The summed E-state index contributed by atoms with van der Waals surface area (Å²) in [6.07, 6.45) is 3.60. The van der Waals surface area contributed by atoms with E-state index in [1.54, 1.807) is 0 Å². The van der Waals surface area contributed by atoms with Crippen LogP contribution in [0.3, 0.4) is 0 Å². The van der Waals surface area contributed by atoms with Crippen molar-refractivity contribution in [1.82, 2.24) is 10.6 Å². The Morgan fingerprint density at radius 2 is 2.16 bits per heavy atom. The topological polar surface area (TPSA) is 58.3 Å². The lowest BCUT2D eigenvalue weighted by Gasteiger charge is -2.20. The van der Waals surface area contributed by atoms with Gasteiger partial charge in [0.2, 0.25) is 0 Å². The van der Waals surface area contributed by atoms with Crippen LogP contribution in [-0.4, -0.2) is 10.4 Å². The van der Waals surface area contributed by atoms with Crippen molar-refractivity contribution in [3.05, 3.63) is 59.0 Å². The largest absolute Gasteiger partial charge is 0.360 e. The van der Waals surface area contributed by atoms with E-state index >= 15 is 0 Å². The zero-order valence-corrected chi connectivity index (χ0v) is 10.8. The van der Waals surface area contributed by atoms with Crippen LogP contribution in [0.2, 0.25) is 0 Å². The molecule has 0 bridgehead atoms. The van der Waals surface area contributed by atoms with E-state index in [1.165, 1.54) is 5.56 Å². The molecule has 0 unspecified atom stereocenters. The maximum absolute atomic E-state index is 9.35. The number of benzene rings is 1. The fraction of sp³-hybridized carbons (Fsp3) is 0.267. The summed E-state index contributed by atoms with van der Waals surface area (Å²) < 4.78 is 5.42. The number of rotatable bonds is 3. The highest BCUT2D eigenvalue weighted by Gasteiger charge is 2.27. The minimum absolute atomic E-state index is 0.195. The first kappa shape index (κ1) is 12.0. The highest BCUT2D eigenvalue weighted by atomic mass is 16.5. The van der Waals surface area contributed by atoms with Crippen molar-refractivity contribution < 1.29 is 9.73 Å². The Kier molecular flexibility index (Phi) is 3.09. The van der Waals surface area contributed by atoms with E-state index in [4.69, 9.17) is 4.52 Å². The summed E-state index contributed by atoms with van der Waals surface area (Å²) in [6.45, 7) is 2.02. The number of hydrogen-bond donors (Lipinski definition) is 2. The second-order valence-electron chi connectivity index (χ2n) is 4.69. The van der Waals surface area contributed by atoms with E-state index in [-0.39, 0.29) is 5.92 Å². The summed E-state index contributed by atoms with van der Waals surface area (Å²) in [5, 5.41) is 13.4. The highest BCUT2D eigenvalue weighted by Crippen LogP contribution is 2.35. The minimum atomic E-state index is 0.195. The van der Waals surface area contributed by atoms with Crippen LogP contribution in [0.15, 0.2) is 40.9 Å². The van der Waals surface area contributed by atoms with Crippen LogP contribution in [0.4, 0.5) is 0 Å². The predicted molar refractivity (Wildman–Crippen MR) is 71.7 cm³/mol. The molecule has 0 fully saturated rings. The number of aromatic nitrogens is 1. The summed E-state index contributed by atoms with van der Waals surface area (Å²) >= 11 is 0. The monoisotopic (exact) mass is 256 g/mol. The number of nitrogens with one attached hydrogen (secondary N) is 1. The van der Waals surface area contributed by atoms with Crippen LogP contribution >= 0.6 is 0 Å². The Hall–Kier alpha value is -2.07. The summed E-state index contributed by atoms with van der Waals surface area (Å²) in [5.41, 5.74) is 5.97. The third kappa shape index (κ3) is 2.04. The molecule has 0 saturated carbocycles. The lowest BCUT2D eigenvalue weighted by Crippen LogP contribution is -2.16. The van der Waals surface area contributed by atoms with Crippen molar-refractivity contribution >= 4 is 5.70 Å². The standard InChI is InChI=1S/C15H16N2O2/c1-2-12-15-13(16-18)8-11(9-14(15)19-17-12)10-6-4-3-5-7-10/h3-8,11,16,18H,2,9H2,1H3/t11-/m1/s1. The molecule has 3 rings (SSSR count). The Morgan fingerprint density at radius 1 is 1.37 bits per heavy atom. The SMILES string of the molecule is CCc1noc2c1C(NO)=C[C@@H](c1ccccc1)C2. The molecule has 0 spiro atoms. The zero-order valence-electron chi connectivity index (χ0n) is 10.8. The van der Waals surface area contributed by atoms with Gasteiger partial charge >= 0.3 is 0 Å². The molecule has 98 valence electrons. The van der Waals surface area contributed by atoms with E-state index in [9.17, 15) is 5.21 Å². The molecule has 1 aromatic carbocycles. The Labute approximate surface area is 111 Å². The van der Waals surface area contributed by atoms with Crippen molar-refractivity contribution in [2.75, 3.05) is 0 Å². The van der Waals surface area contributed by atoms with Crippen LogP contribution in [-0.2, 0) is 12.8 Å². The summed E-state index contributed by atoms with van der Waals surface area (Å²) in [5.74, 6) is 1.03. The van der Waals surface area contributed by atoms with Gasteiger partial charge in [-0.3, -0.25) is 10.7 Å². The minimum Gasteiger partial charge on any atom is -0.360 e. The number of nitrogens with zero attached hydrogens (tertiary/aromatic N) is 1. The normalized spacial score (nSPS) is 17.8. The van der Waals surface area contributed by atoms with Gasteiger partial charge in [0.25, 0.3) is 0 Å². The second kappa shape index (κ2) is 4.90. The number of allylic oxidation sites excluding steroid dienone is 1. The van der Waals surface area contributed by atoms with E-state index in [0.29, 0.717) is 5.70 Å². The second-order valence-corrected chi connectivity index (χ2v) is 4.69. The Balaban J connectivity index is 2.02. The molecule has 19 heavy (non-hydrogen) atoms. The summed E-state index contributed by atoms with van der Waals surface area (Å²) in [6, 6.07) is 10.2. The molecular weight excluding hydrogens is 240 g/mol. The van der Waals surface area contributed by atoms with Gasteiger partial charge in [0, 0.05) is 12.3 Å². The van der Waals surface area contributed by atoms with Crippen LogP contribution in [0.1, 0.15) is 35.4 Å². The van der Waals surface area contributed by atoms with E-state index in [1.807, 2.05) is 31.2 Å². The molecule has 1 aromatic heterocycles. The van der Waals surface area contributed by atoms with Gasteiger partial charge in [-0.15, -0.1) is 0 Å². The molecule has 0 radical (unpaired) electrons. The molecule has 2 aromatic rings. The summed E-state index contributed by atoms with van der Waals surface area (Å²) in [4.78, 5) is 0. The van der Waals surface area contributed by atoms with Gasteiger partial charge in [-0.1, -0.05) is 48.5 Å². The third-order valence-corrected chi connectivity index (χ3v) is 3.56. The quantitative estimate of drug-likeness (QED) is 0.829. The van der Waals surface area contributed by atoms with Crippen LogP contribution in [0.25, 0.3) is 5.70 Å². The predicted octanol–water partition coefficient (Wildman–Crippen LogP) is 2.90. The van der Waals surface area contributed by atoms with Gasteiger partial charge < -0.3 is 4.52 Å².